The van der Waals surface area contributed by atoms with Gasteiger partial charge in [0, 0.05) is 13.0 Å². The molecule has 2 heteroatoms. The van der Waals surface area contributed by atoms with Gasteiger partial charge in [-0.25, -0.2) is 0 Å². The lowest BCUT2D eigenvalue weighted by Gasteiger charge is -2.12. The summed E-state index contributed by atoms with van der Waals surface area (Å²) in [6.45, 7) is 3.84. The largest absolute Gasteiger partial charge is 0.379 e. The minimum Gasteiger partial charge on any atom is -0.379 e. The van der Waals surface area contributed by atoms with Crippen LogP contribution in [0, 0.1) is 5.92 Å². The molecule has 0 amide bonds. The number of hydrogen-bond donors (Lipinski definition) is 0. The first-order valence-electron chi connectivity index (χ1n) is 3.49. The van der Waals surface area contributed by atoms with Crippen molar-refractivity contribution in [3.63, 3.8) is 0 Å². The predicted molar refractivity (Wildman–Crippen MR) is 35.4 cm³/mol. The second kappa shape index (κ2) is 3.18. The minimum atomic E-state index is 0.356. The number of rotatable bonds is 2. The highest BCUT2D eigenvalue weighted by Gasteiger charge is 2.25. The van der Waals surface area contributed by atoms with Crippen molar-refractivity contribution in [1.29, 1.82) is 0 Å². The molecule has 2 atom stereocenters. The van der Waals surface area contributed by atoms with Gasteiger partial charge in [0.05, 0.1) is 19.3 Å². The van der Waals surface area contributed by atoms with E-state index in [1.54, 1.807) is 7.11 Å². The van der Waals surface area contributed by atoms with Gasteiger partial charge in [-0.2, -0.15) is 0 Å². The molecule has 1 fully saturated rings. The van der Waals surface area contributed by atoms with Gasteiger partial charge in [0.25, 0.3) is 0 Å². The Morgan fingerprint density at radius 3 is 2.78 bits per heavy atom. The average molecular weight is 130 g/mol. The van der Waals surface area contributed by atoms with Gasteiger partial charge in [-0.15, -0.1) is 0 Å². The second-order valence-corrected chi connectivity index (χ2v) is 2.48. The van der Waals surface area contributed by atoms with Crippen LogP contribution >= 0.6 is 0 Å². The fourth-order valence-corrected chi connectivity index (χ4v) is 1.22. The molecule has 1 heterocycles. The Labute approximate surface area is 56.2 Å². The van der Waals surface area contributed by atoms with Crippen molar-refractivity contribution in [1.82, 2.24) is 0 Å². The average Bonchev–Trinajstić information content (AvgIpc) is 2.33. The van der Waals surface area contributed by atoms with Crippen molar-refractivity contribution in [3.05, 3.63) is 0 Å². The van der Waals surface area contributed by atoms with Gasteiger partial charge in [-0.1, -0.05) is 6.92 Å². The first kappa shape index (κ1) is 7.03. The van der Waals surface area contributed by atoms with E-state index in [2.05, 4.69) is 6.92 Å². The Bertz CT molecular complexity index is 73.0. The maximum atomic E-state index is 5.23. The van der Waals surface area contributed by atoms with Crippen molar-refractivity contribution in [2.75, 3.05) is 20.3 Å². The first-order chi connectivity index (χ1) is 4.38. The highest BCUT2D eigenvalue weighted by atomic mass is 16.5. The maximum Gasteiger partial charge on any atom is 0.0854 e. The molecule has 1 saturated heterocycles. The van der Waals surface area contributed by atoms with Gasteiger partial charge in [0.2, 0.25) is 0 Å². The highest BCUT2D eigenvalue weighted by Crippen LogP contribution is 2.18. The molecule has 54 valence electrons. The zero-order valence-corrected chi connectivity index (χ0v) is 6.09. The van der Waals surface area contributed by atoms with Crippen LogP contribution in [0.15, 0.2) is 0 Å². The van der Waals surface area contributed by atoms with E-state index < -0.39 is 0 Å². The lowest BCUT2D eigenvalue weighted by atomic mass is 10.0. The van der Waals surface area contributed by atoms with Gasteiger partial charge in [0.15, 0.2) is 0 Å². The van der Waals surface area contributed by atoms with Crippen molar-refractivity contribution in [3.8, 4) is 0 Å². The molecule has 0 aromatic carbocycles. The molecule has 0 aliphatic carbocycles. The van der Waals surface area contributed by atoms with Gasteiger partial charge in [0.1, 0.15) is 0 Å². The van der Waals surface area contributed by atoms with E-state index in [1.807, 2.05) is 0 Å². The Balaban J connectivity index is 2.32. The smallest absolute Gasteiger partial charge is 0.0854 e. The molecule has 0 radical (unpaired) electrons. The molecule has 0 bridgehead atoms. The van der Waals surface area contributed by atoms with Crippen LogP contribution < -0.4 is 0 Å². The van der Waals surface area contributed by atoms with Crippen molar-refractivity contribution < 1.29 is 9.47 Å². The predicted octanol–water partition coefficient (Wildman–Crippen LogP) is 1.06. The van der Waals surface area contributed by atoms with Gasteiger partial charge >= 0.3 is 0 Å². The molecular weight excluding hydrogens is 116 g/mol. The Morgan fingerprint density at radius 2 is 2.33 bits per heavy atom. The molecule has 1 rings (SSSR count). The zero-order chi connectivity index (χ0) is 6.69. The van der Waals surface area contributed by atoms with E-state index in [4.69, 9.17) is 9.47 Å². The minimum absolute atomic E-state index is 0.356. The molecule has 0 spiro atoms. The third kappa shape index (κ3) is 1.43. The topological polar surface area (TPSA) is 18.5 Å². The van der Waals surface area contributed by atoms with E-state index in [0.29, 0.717) is 12.0 Å². The lowest BCUT2D eigenvalue weighted by Crippen LogP contribution is -2.19. The fourth-order valence-electron chi connectivity index (χ4n) is 1.22. The number of ether oxygens (including phenoxy) is 2. The van der Waals surface area contributed by atoms with E-state index >= 15 is 0 Å². The quantitative estimate of drug-likeness (QED) is 0.556. The lowest BCUT2D eigenvalue weighted by molar-refractivity contribution is 0.0659. The molecular formula is C7H14O2. The monoisotopic (exact) mass is 130 g/mol. The molecule has 0 aromatic heterocycles. The molecule has 0 saturated carbocycles. The maximum absolute atomic E-state index is 5.23. The Kier molecular flexibility index (Phi) is 2.49. The highest BCUT2D eigenvalue weighted by molar-refractivity contribution is 4.73. The third-order valence-electron chi connectivity index (χ3n) is 1.97. The van der Waals surface area contributed by atoms with Gasteiger partial charge in [-0.05, 0) is 6.42 Å². The molecule has 9 heavy (non-hydrogen) atoms. The summed E-state index contributed by atoms with van der Waals surface area (Å²) in [7, 11) is 1.75. The van der Waals surface area contributed by atoms with Crippen LogP contribution in [0.2, 0.25) is 0 Å². The first-order valence-corrected chi connectivity index (χ1v) is 3.49. The summed E-state index contributed by atoms with van der Waals surface area (Å²) in [6, 6.07) is 0. The summed E-state index contributed by atoms with van der Waals surface area (Å²) in [6.07, 6.45) is 1.52. The summed E-state index contributed by atoms with van der Waals surface area (Å²) in [4.78, 5) is 0. The molecule has 1 aliphatic heterocycles. The van der Waals surface area contributed by atoms with Crippen molar-refractivity contribution in [2.45, 2.75) is 19.4 Å². The SMILES string of the molecule is CC[C@H]1COC[C@@H]1OC. The Hall–Kier alpha value is -0.0800. The molecule has 0 unspecified atom stereocenters. The van der Waals surface area contributed by atoms with Crippen molar-refractivity contribution in [2.24, 2.45) is 5.92 Å². The summed E-state index contributed by atoms with van der Waals surface area (Å²) >= 11 is 0. The van der Waals surface area contributed by atoms with E-state index in [1.165, 1.54) is 6.42 Å². The zero-order valence-electron chi connectivity index (χ0n) is 6.09. The van der Waals surface area contributed by atoms with E-state index in [9.17, 15) is 0 Å². The Morgan fingerprint density at radius 1 is 1.56 bits per heavy atom. The summed E-state index contributed by atoms with van der Waals surface area (Å²) in [5.41, 5.74) is 0. The molecule has 1 aliphatic rings. The van der Waals surface area contributed by atoms with Gasteiger partial charge < -0.3 is 9.47 Å². The standard InChI is InChI=1S/C7H14O2/c1-3-6-4-9-5-7(6)8-2/h6-7H,3-5H2,1-2H3/t6-,7-/m0/s1. The van der Waals surface area contributed by atoms with Crippen LogP contribution in [0.3, 0.4) is 0 Å². The number of hydrogen-bond acceptors (Lipinski definition) is 2. The summed E-state index contributed by atoms with van der Waals surface area (Å²) in [5, 5.41) is 0. The molecule has 0 aromatic rings. The van der Waals surface area contributed by atoms with Crippen LogP contribution in [0.4, 0.5) is 0 Å². The summed E-state index contributed by atoms with van der Waals surface area (Å²) < 4.78 is 10.4. The van der Waals surface area contributed by atoms with E-state index in [0.717, 1.165) is 13.2 Å². The third-order valence-corrected chi connectivity index (χ3v) is 1.97. The van der Waals surface area contributed by atoms with Crippen LogP contribution in [0.5, 0.6) is 0 Å². The fraction of sp³-hybridized carbons (Fsp3) is 1.00. The van der Waals surface area contributed by atoms with Crippen LogP contribution in [-0.4, -0.2) is 26.4 Å². The molecule has 0 N–H and O–H groups in total. The van der Waals surface area contributed by atoms with Crippen LogP contribution in [-0.2, 0) is 9.47 Å². The van der Waals surface area contributed by atoms with Crippen LogP contribution in [0.25, 0.3) is 0 Å². The second-order valence-electron chi connectivity index (χ2n) is 2.48. The van der Waals surface area contributed by atoms with Gasteiger partial charge in [-0.3, -0.25) is 0 Å². The normalized spacial score (nSPS) is 35.3. The summed E-state index contributed by atoms with van der Waals surface area (Å²) in [5.74, 6) is 0.634. The van der Waals surface area contributed by atoms with E-state index in [-0.39, 0.29) is 0 Å². The van der Waals surface area contributed by atoms with Crippen molar-refractivity contribution >= 4 is 0 Å². The molecule has 2 nitrogen and oxygen atoms in total. The van der Waals surface area contributed by atoms with Crippen LogP contribution in [0.1, 0.15) is 13.3 Å². The number of methoxy groups -OCH3 is 1.